The zero-order valence-corrected chi connectivity index (χ0v) is 8.20. The van der Waals surface area contributed by atoms with Crippen LogP contribution in [0.1, 0.15) is 0 Å². The van der Waals surface area contributed by atoms with Crippen molar-refractivity contribution in [3.8, 4) is 0 Å². The zero-order valence-electron chi connectivity index (χ0n) is 8.20. The molecule has 0 bridgehead atoms. The standard InChI is InChI=1S/C11H13N3/c1-3-8-14-10-7-5-4-6-9(10)13-11(14)12-2/h3-7H,1,8H2,2H3,(H,12,13). The van der Waals surface area contributed by atoms with Crippen LogP contribution < -0.4 is 5.32 Å². The third kappa shape index (κ3) is 1.27. The molecule has 72 valence electrons. The van der Waals surface area contributed by atoms with Crippen molar-refractivity contribution in [3.63, 3.8) is 0 Å². The number of fused-ring (bicyclic) bond motifs is 1. The van der Waals surface area contributed by atoms with E-state index in [9.17, 15) is 0 Å². The van der Waals surface area contributed by atoms with E-state index in [-0.39, 0.29) is 0 Å². The highest BCUT2D eigenvalue weighted by molar-refractivity contribution is 5.78. The topological polar surface area (TPSA) is 29.9 Å². The van der Waals surface area contributed by atoms with E-state index in [4.69, 9.17) is 0 Å². The summed E-state index contributed by atoms with van der Waals surface area (Å²) in [4.78, 5) is 4.45. The average Bonchev–Trinajstić information content (AvgIpc) is 2.58. The van der Waals surface area contributed by atoms with Gasteiger partial charge in [0.25, 0.3) is 0 Å². The molecular weight excluding hydrogens is 174 g/mol. The van der Waals surface area contributed by atoms with Crippen LogP contribution in [0.15, 0.2) is 36.9 Å². The van der Waals surface area contributed by atoms with Crippen LogP contribution in [0, 0.1) is 0 Å². The number of rotatable bonds is 3. The van der Waals surface area contributed by atoms with Gasteiger partial charge in [-0.05, 0) is 12.1 Å². The minimum absolute atomic E-state index is 0.774. The number of benzene rings is 1. The van der Waals surface area contributed by atoms with Gasteiger partial charge in [-0.1, -0.05) is 18.2 Å². The highest BCUT2D eigenvalue weighted by atomic mass is 15.2. The van der Waals surface area contributed by atoms with Gasteiger partial charge in [-0.25, -0.2) is 4.98 Å². The molecule has 0 unspecified atom stereocenters. The number of allylic oxidation sites excluding steroid dienone is 1. The second-order valence-corrected chi connectivity index (χ2v) is 3.07. The van der Waals surface area contributed by atoms with E-state index in [2.05, 4.69) is 27.5 Å². The molecule has 0 atom stereocenters. The Balaban J connectivity index is 2.67. The van der Waals surface area contributed by atoms with E-state index >= 15 is 0 Å². The molecule has 1 aromatic heterocycles. The van der Waals surface area contributed by atoms with Crippen molar-refractivity contribution in [3.05, 3.63) is 36.9 Å². The number of nitrogens with zero attached hydrogens (tertiary/aromatic N) is 2. The van der Waals surface area contributed by atoms with Gasteiger partial charge < -0.3 is 9.88 Å². The number of hydrogen-bond donors (Lipinski definition) is 1. The van der Waals surface area contributed by atoms with Crippen LogP contribution in [0.4, 0.5) is 5.95 Å². The molecule has 2 aromatic rings. The Kier molecular flexibility index (Phi) is 2.23. The van der Waals surface area contributed by atoms with Gasteiger partial charge >= 0.3 is 0 Å². The van der Waals surface area contributed by atoms with Crippen molar-refractivity contribution in [1.29, 1.82) is 0 Å². The summed E-state index contributed by atoms with van der Waals surface area (Å²) in [5.41, 5.74) is 2.15. The number of aromatic nitrogens is 2. The predicted octanol–water partition coefficient (Wildman–Crippen LogP) is 2.26. The second kappa shape index (κ2) is 3.54. The lowest BCUT2D eigenvalue weighted by atomic mass is 10.3. The first-order chi connectivity index (χ1) is 6.86. The summed E-state index contributed by atoms with van der Waals surface area (Å²) in [6.07, 6.45) is 1.87. The lowest BCUT2D eigenvalue weighted by Crippen LogP contribution is -2.01. The van der Waals surface area contributed by atoms with Gasteiger partial charge in [0.15, 0.2) is 0 Å². The predicted molar refractivity (Wildman–Crippen MR) is 59.5 cm³/mol. The summed E-state index contributed by atoms with van der Waals surface area (Å²) in [6.45, 7) is 4.52. The second-order valence-electron chi connectivity index (χ2n) is 3.07. The van der Waals surface area contributed by atoms with Crippen molar-refractivity contribution < 1.29 is 0 Å². The summed E-state index contributed by atoms with van der Waals surface area (Å²) in [7, 11) is 1.88. The molecule has 0 aliphatic carbocycles. The number of anilines is 1. The Morgan fingerprint density at radius 3 is 3.00 bits per heavy atom. The van der Waals surface area contributed by atoms with Crippen molar-refractivity contribution in [2.24, 2.45) is 0 Å². The third-order valence-corrected chi connectivity index (χ3v) is 2.19. The van der Waals surface area contributed by atoms with Crippen LogP contribution in [-0.4, -0.2) is 16.6 Å². The first-order valence-electron chi connectivity index (χ1n) is 4.60. The monoisotopic (exact) mass is 187 g/mol. The summed E-state index contributed by atoms with van der Waals surface area (Å²) in [5.74, 6) is 0.881. The molecule has 0 amide bonds. The maximum absolute atomic E-state index is 4.45. The van der Waals surface area contributed by atoms with Crippen LogP contribution in [-0.2, 0) is 6.54 Å². The fourth-order valence-electron chi connectivity index (χ4n) is 1.58. The number of nitrogens with one attached hydrogen (secondary N) is 1. The quantitative estimate of drug-likeness (QED) is 0.747. The van der Waals surface area contributed by atoms with Gasteiger partial charge in [0.05, 0.1) is 11.0 Å². The normalized spacial score (nSPS) is 10.4. The number of para-hydroxylation sites is 2. The minimum Gasteiger partial charge on any atom is -0.359 e. The van der Waals surface area contributed by atoms with Gasteiger partial charge in [-0.15, -0.1) is 6.58 Å². The Bertz CT molecular complexity index is 457. The van der Waals surface area contributed by atoms with E-state index in [1.165, 1.54) is 0 Å². The lowest BCUT2D eigenvalue weighted by molar-refractivity contribution is 0.859. The maximum Gasteiger partial charge on any atom is 0.203 e. The summed E-state index contributed by atoms with van der Waals surface area (Å²) >= 11 is 0. The highest BCUT2D eigenvalue weighted by Crippen LogP contribution is 2.18. The van der Waals surface area contributed by atoms with Crippen molar-refractivity contribution in [2.75, 3.05) is 12.4 Å². The molecule has 1 N–H and O–H groups in total. The van der Waals surface area contributed by atoms with Crippen molar-refractivity contribution in [2.45, 2.75) is 6.54 Å². The molecule has 1 heterocycles. The summed E-state index contributed by atoms with van der Waals surface area (Å²) in [5, 5.41) is 3.07. The molecule has 0 radical (unpaired) electrons. The summed E-state index contributed by atoms with van der Waals surface area (Å²) in [6, 6.07) is 8.08. The highest BCUT2D eigenvalue weighted by Gasteiger charge is 2.06. The van der Waals surface area contributed by atoms with Crippen molar-refractivity contribution in [1.82, 2.24) is 9.55 Å². The zero-order chi connectivity index (χ0) is 9.97. The smallest absolute Gasteiger partial charge is 0.203 e. The first-order valence-corrected chi connectivity index (χ1v) is 4.60. The molecule has 0 fully saturated rings. The van der Waals surface area contributed by atoms with Crippen LogP contribution in [0.2, 0.25) is 0 Å². The molecule has 0 saturated carbocycles. The molecule has 3 nitrogen and oxygen atoms in total. The molecule has 2 rings (SSSR count). The Labute approximate surface area is 83.1 Å². The average molecular weight is 187 g/mol. The molecule has 0 aliphatic heterocycles. The lowest BCUT2D eigenvalue weighted by Gasteiger charge is -2.04. The minimum atomic E-state index is 0.774. The Hall–Kier alpha value is -1.77. The molecular formula is C11H13N3. The van der Waals surface area contributed by atoms with E-state index in [1.807, 2.05) is 31.3 Å². The molecule has 3 heteroatoms. The molecule has 0 spiro atoms. The van der Waals surface area contributed by atoms with Crippen molar-refractivity contribution >= 4 is 17.0 Å². The Morgan fingerprint density at radius 1 is 1.50 bits per heavy atom. The van der Waals surface area contributed by atoms with Gasteiger partial charge in [0.1, 0.15) is 0 Å². The van der Waals surface area contributed by atoms with E-state index < -0.39 is 0 Å². The number of imidazole rings is 1. The van der Waals surface area contributed by atoms with Crippen LogP contribution in [0.5, 0.6) is 0 Å². The van der Waals surface area contributed by atoms with Crippen LogP contribution in [0.25, 0.3) is 11.0 Å². The van der Waals surface area contributed by atoms with E-state index in [1.54, 1.807) is 0 Å². The fraction of sp³-hybridized carbons (Fsp3) is 0.182. The largest absolute Gasteiger partial charge is 0.359 e. The van der Waals surface area contributed by atoms with Gasteiger partial charge in [0, 0.05) is 13.6 Å². The van der Waals surface area contributed by atoms with Gasteiger partial charge in [-0.3, -0.25) is 0 Å². The van der Waals surface area contributed by atoms with E-state index in [0.717, 1.165) is 23.5 Å². The fourth-order valence-corrected chi connectivity index (χ4v) is 1.58. The van der Waals surface area contributed by atoms with Crippen LogP contribution in [0.3, 0.4) is 0 Å². The maximum atomic E-state index is 4.45. The SMILES string of the molecule is C=CCn1c(NC)nc2ccccc21. The number of hydrogen-bond acceptors (Lipinski definition) is 2. The molecule has 14 heavy (non-hydrogen) atoms. The molecule has 0 aliphatic rings. The first kappa shape index (κ1) is 8.81. The Morgan fingerprint density at radius 2 is 2.29 bits per heavy atom. The summed E-state index contributed by atoms with van der Waals surface area (Å²) < 4.78 is 2.10. The van der Waals surface area contributed by atoms with Crippen LogP contribution >= 0.6 is 0 Å². The molecule has 1 aromatic carbocycles. The van der Waals surface area contributed by atoms with Gasteiger partial charge in [-0.2, -0.15) is 0 Å². The molecule has 0 saturated heterocycles. The van der Waals surface area contributed by atoms with E-state index in [0.29, 0.717) is 0 Å². The third-order valence-electron chi connectivity index (χ3n) is 2.19. The van der Waals surface area contributed by atoms with Gasteiger partial charge in [0.2, 0.25) is 5.95 Å².